The molecule has 3 aromatic rings. The molecule has 1 aromatic heterocycles. The van der Waals surface area contributed by atoms with Crippen molar-refractivity contribution in [3.05, 3.63) is 62.8 Å². The molecule has 0 saturated carbocycles. The normalized spacial score (nSPS) is 18.3. The summed E-state index contributed by atoms with van der Waals surface area (Å²) < 4.78 is 44.2. The summed E-state index contributed by atoms with van der Waals surface area (Å²) in [5, 5.41) is 10.5. The number of piperidine rings is 1. The van der Waals surface area contributed by atoms with Crippen molar-refractivity contribution in [2.24, 2.45) is 11.8 Å². The number of alkyl halides is 3. The van der Waals surface area contributed by atoms with Crippen molar-refractivity contribution in [2.45, 2.75) is 40.1 Å². The lowest BCUT2D eigenvalue weighted by Crippen LogP contribution is -2.45. The van der Waals surface area contributed by atoms with Crippen LogP contribution in [-0.4, -0.2) is 45.9 Å². The van der Waals surface area contributed by atoms with Crippen LogP contribution in [0.2, 0.25) is 10.0 Å². The molecule has 1 fully saturated rings. The van der Waals surface area contributed by atoms with Crippen molar-refractivity contribution in [2.75, 3.05) is 13.1 Å². The Morgan fingerprint density at radius 1 is 1.16 bits per heavy atom. The molecule has 11 heteroatoms. The van der Waals surface area contributed by atoms with Gasteiger partial charge in [-0.15, -0.1) is 13.2 Å². The van der Waals surface area contributed by atoms with E-state index in [1.807, 2.05) is 4.57 Å². The summed E-state index contributed by atoms with van der Waals surface area (Å²) in [6, 6.07) is 5.79. The van der Waals surface area contributed by atoms with Crippen LogP contribution in [-0.2, 0) is 11.3 Å². The Balaban J connectivity index is 1.66. The van der Waals surface area contributed by atoms with Gasteiger partial charge in [0.1, 0.15) is 5.75 Å². The summed E-state index contributed by atoms with van der Waals surface area (Å²) >= 11 is 13.2. The highest BCUT2D eigenvalue weighted by Crippen LogP contribution is 2.35. The molecule has 0 aliphatic carbocycles. The van der Waals surface area contributed by atoms with Gasteiger partial charge in [0.05, 0.1) is 28.6 Å². The van der Waals surface area contributed by atoms with Crippen LogP contribution in [0.1, 0.15) is 40.4 Å². The van der Waals surface area contributed by atoms with Crippen LogP contribution >= 0.6 is 23.2 Å². The fraction of sp³-hybridized carbons (Fsp3) is 0.385. The second-order valence-corrected chi connectivity index (χ2v) is 10.3. The Hall–Kier alpha value is -2.91. The van der Waals surface area contributed by atoms with E-state index in [0.717, 1.165) is 5.56 Å². The minimum atomic E-state index is -4.80. The zero-order valence-electron chi connectivity index (χ0n) is 20.3. The van der Waals surface area contributed by atoms with Crippen molar-refractivity contribution >= 4 is 46.0 Å². The lowest BCUT2D eigenvalue weighted by Gasteiger charge is -2.35. The van der Waals surface area contributed by atoms with Gasteiger partial charge in [-0.05, 0) is 61.6 Å². The molecular formula is C26H25Cl2F3N2O4. The van der Waals surface area contributed by atoms with Gasteiger partial charge in [0.25, 0.3) is 5.91 Å². The van der Waals surface area contributed by atoms with Crippen LogP contribution in [0.4, 0.5) is 13.2 Å². The zero-order valence-corrected chi connectivity index (χ0v) is 21.8. The molecular weight excluding hydrogens is 532 g/mol. The predicted octanol–water partition coefficient (Wildman–Crippen LogP) is 6.69. The van der Waals surface area contributed by atoms with Gasteiger partial charge < -0.3 is 19.3 Å². The molecule has 1 amide bonds. The Kier molecular flexibility index (Phi) is 7.41. The van der Waals surface area contributed by atoms with Crippen molar-refractivity contribution in [3.8, 4) is 5.75 Å². The van der Waals surface area contributed by atoms with Crippen LogP contribution in [0, 0.1) is 25.7 Å². The molecule has 6 nitrogen and oxygen atoms in total. The highest BCUT2D eigenvalue weighted by Gasteiger charge is 2.34. The fourth-order valence-electron chi connectivity index (χ4n) is 5.06. The van der Waals surface area contributed by atoms with Crippen LogP contribution in [0.25, 0.3) is 10.9 Å². The monoisotopic (exact) mass is 556 g/mol. The van der Waals surface area contributed by atoms with E-state index in [1.165, 1.54) is 12.1 Å². The number of fused-ring (bicyclic) bond motifs is 1. The predicted molar refractivity (Wildman–Crippen MR) is 134 cm³/mol. The van der Waals surface area contributed by atoms with Gasteiger partial charge in [0.2, 0.25) is 0 Å². The smallest absolute Gasteiger partial charge is 0.481 e. The average molecular weight is 557 g/mol. The van der Waals surface area contributed by atoms with Crippen LogP contribution in [0.15, 0.2) is 30.5 Å². The quantitative estimate of drug-likeness (QED) is 0.379. The third kappa shape index (κ3) is 5.52. The van der Waals surface area contributed by atoms with Gasteiger partial charge in [0.15, 0.2) is 0 Å². The van der Waals surface area contributed by atoms with Gasteiger partial charge in [-0.1, -0.05) is 30.1 Å². The number of aryl methyl sites for hydroxylation is 2. The third-order valence-electron chi connectivity index (χ3n) is 6.82. The van der Waals surface area contributed by atoms with Crippen molar-refractivity contribution in [3.63, 3.8) is 0 Å². The first-order valence-electron chi connectivity index (χ1n) is 11.6. The second kappa shape index (κ2) is 10.1. The van der Waals surface area contributed by atoms with E-state index in [-0.39, 0.29) is 34.7 Å². The van der Waals surface area contributed by atoms with Gasteiger partial charge in [-0.25, -0.2) is 0 Å². The van der Waals surface area contributed by atoms with Crippen molar-refractivity contribution in [1.29, 1.82) is 0 Å². The zero-order chi connectivity index (χ0) is 27.2. The van der Waals surface area contributed by atoms with Crippen LogP contribution in [0.3, 0.4) is 0 Å². The molecule has 1 saturated heterocycles. The number of carbonyl (C=O) groups is 2. The Bertz CT molecular complexity index is 1390. The van der Waals surface area contributed by atoms with E-state index in [2.05, 4.69) is 4.74 Å². The highest BCUT2D eigenvalue weighted by molar-refractivity contribution is 6.38. The van der Waals surface area contributed by atoms with E-state index in [1.54, 1.807) is 44.0 Å². The molecule has 4 rings (SSSR count). The third-order valence-corrected chi connectivity index (χ3v) is 7.61. The van der Waals surface area contributed by atoms with Gasteiger partial charge in [0, 0.05) is 35.3 Å². The van der Waals surface area contributed by atoms with Crippen molar-refractivity contribution < 1.29 is 32.6 Å². The number of hydrogen-bond acceptors (Lipinski definition) is 3. The Morgan fingerprint density at radius 3 is 2.49 bits per heavy atom. The standard InChI is InChI=1S/C26H25Cl2F3N2O4/c1-13-8-16(37-26(29,30)31)9-19-15(3)11-33(23(13)19)12-20-21(27)5-4-18(22(20)28)24(34)32-7-6-17(25(35)36)14(2)10-32/h4-5,8-9,11,14,17H,6-7,10,12H2,1-3H3,(H,35,36)/t14-,17+/m0/s1. The summed E-state index contributed by atoms with van der Waals surface area (Å²) in [6.07, 6.45) is -2.66. The number of rotatable bonds is 5. The first-order valence-corrected chi connectivity index (χ1v) is 12.4. The lowest BCUT2D eigenvalue weighted by atomic mass is 9.87. The minimum absolute atomic E-state index is 0.180. The molecule has 0 spiro atoms. The molecule has 2 heterocycles. The van der Waals surface area contributed by atoms with Crippen LogP contribution in [0.5, 0.6) is 5.75 Å². The number of amides is 1. The number of halogens is 5. The number of likely N-dealkylation sites (tertiary alicyclic amines) is 1. The van der Waals surface area contributed by atoms with E-state index in [0.29, 0.717) is 46.6 Å². The fourth-order valence-corrected chi connectivity index (χ4v) is 5.63. The van der Waals surface area contributed by atoms with E-state index >= 15 is 0 Å². The summed E-state index contributed by atoms with van der Waals surface area (Å²) in [6.45, 7) is 6.05. The Labute approximate surface area is 221 Å². The largest absolute Gasteiger partial charge is 0.573 e. The maximum Gasteiger partial charge on any atom is 0.573 e. The molecule has 2 atom stereocenters. The number of ether oxygens (including phenoxy) is 1. The van der Waals surface area contributed by atoms with Gasteiger partial charge in [-0.2, -0.15) is 0 Å². The number of nitrogens with zero attached hydrogens (tertiary/aromatic N) is 2. The molecule has 0 unspecified atom stereocenters. The Morgan fingerprint density at radius 2 is 1.86 bits per heavy atom. The molecule has 1 N–H and O–H groups in total. The summed E-state index contributed by atoms with van der Waals surface area (Å²) in [5.74, 6) is -2.19. The number of carboxylic acids is 1. The number of carboxylic acid groups (broad SMARTS) is 1. The number of hydrogen-bond donors (Lipinski definition) is 1. The van der Waals surface area contributed by atoms with Gasteiger partial charge in [-0.3, -0.25) is 9.59 Å². The van der Waals surface area contributed by atoms with E-state index in [4.69, 9.17) is 23.2 Å². The highest BCUT2D eigenvalue weighted by atomic mass is 35.5. The first-order chi connectivity index (χ1) is 17.3. The second-order valence-electron chi connectivity index (χ2n) is 9.47. The summed E-state index contributed by atoms with van der Waals surface area (Å²) in [4.78, 5) is 26.3. The number of carbonyl (C=O) groups excluding carboxylic acids is 1. The summed E-state index contributed by atoms with van der Waals surface area (Å²) in [7, 11) is 0. The number of aromatic nitrogens is 1. The molecule has 0 radical (unpaired) electrons. The molecule has 198 valence electrons. The van der Waals surface area contributed by atoms with Crippen molar-refractivity contribution in [1.82, 2.24) is 9.47 Å². The topological polar surface area (TPSA) is 71.8 Å². The van der Waals surface area contributed by atoms with E-state index < -0.39 is 18.2 Å². The number of benzene rings is 2. The molecule has 2 aromatic carbocycles. The molecule has 1 aliphatic heterocycles. The minimum Gasteiger partial charge on any atom is -0.481 e. The molecule has 37 heavy (non-hydrogen) atoms. The molecule has 0 bridgehead atoms. The van der Waals surface area contributed by atoms with Crippen LogP contribution < -0.4 is 4.74 Å². The average Bonchev–Trinajstić information content (AvgIpc) is 3.10. The summed E-state index contributed by atoms with van der Waals surface area (Å²) in [5.41, 5.74) is 2.75. The molecule has 1 aliphatic rings. The SMILES string of the molecule is Cc1cn(Cc2c(Cl)ccc(C(=O)N3CC[C@@H](C(=O)O)[C@@H](C)C3)c2Cl)c2c(C)cc(OC(F)(F)F)cc12. The lowest BCUT2D eigenvalue weighted by molar-refractivity contribution is -0.274. The maximum absolute atomic E-state index is 13.3. The van der Waals surface area contributed by atoms with Gasteiger partial charge >= 0.3 is 12.3 Å². The number of aliphatic carboxylic acids is 1. The maximum atomic E-state index is 13.3. The van der Waals surface area contributed by atoms with E-state index in [9.17, 15) is 27.9 Å². The first kappa shape index (κ1) is 27.1.